The summed E-state index contributed by atoms with van der Waals surface area (Å²) in [6, 6.07) is 0. The van der Waals surface area contributed by atoms with Crippen LogP contribution in [0.1, 0.15) is 13.3 Å². The van der Waals surface area contributed by atoms with Gasteiger partial charge in [0.25, 0.3) is 0 Å². The van der Waals surface area contributed by atoms with Crippen molar-refractivity contribution in [3.05, 3.63) is 0 Å². The number of hydrogen-bond acceptors (Lipinski definition) is 3. The number of alkyl halides is 1. The van der Waals surface area contributed by atoms with Gasteiger partial charge in [-0.2, -0.15) is 0 Å². The number of hydrogen-bond donors (Lipinski definition) is 0. The van der Waals surface area contributed by atoms with Crippen LogP contribution in [0.25, 0.3) is 0 Å². The lowest BCUT2D eigenvalue weighted by atomic mass is 10.3. The van der Waals surface area contributed by atoms with Crippen molar-refractivity contribution in [3.8, 4) is 0 Å². The molecule has 66 valence electrons. The van der Waals surface area contributed by atoms with Gasteiger partial charge in [-0.3, -0.25) is 4.57 Å². The van der Waals surface area contributed by atoms with Gasteiger partial charge >= 0.3 is 7.60 Å². The number of halogens is 1. The Morgan fingerprint density at radius 1 is 1.82 bits per heavy atom. The third-order valence-corrected chi connectivity index (χ3v) is 3.73. The molecule has 1 aliphatic rings. The molecule has 1 heterocycles. The topological polar surface area (TPSA) is 35.5 Å². The predicted molar refractivity (Wildman–Crippen MR) is 44.3 cm³/mol. The summed E-state index contributed by atoms with van der Waals surface area (Å²) in [7, 11) is -2.73. The first-order chi connectivity index (χ1) is 5.16. The normalized spacial score (nSPS) is 37.8. The first-order valence-electron chi connectivity index (χ1n) is 3.64. The second-order valence-corrected chi connectivity index (χ2v) is 5.08. The van der Waals surface area contributed by atoms with Crippen LogP contribution in [0.15, 0.2) is 0 Å². The Balaban J connectivity index is 2.36. The second-order valence-electron chi connectivity index (χ2n) is 2.56. The van der Waals surface area contributed by atoms with Gasteiger partial charge in [-0.05, 0) is 13.3 Å². The van der Waals surface area contributed by atoms with E-state index in [0.29, 0.717) is 18.6 Å². The summed E-state index contributed by atoms with van der Waals surface area (Å²) in [5, 5.41) is 0. The van der Waals surface area contributed by atoms with Crippen molar-refractivity contribution in [1.29, 1.82) is 0 Å². The summed E-state index contributed by atoms with van der Waals surface area (Å²) in [6.07, 6.45) is 1.42. The van der Waals surface area contributed by atoms with Gasteiger partial charge in [-0.15, -0.1) is 11.6 Å². The molecule has 3 nitrogen and oxygen atoms in total. The maximum absolute atomic E-state index is 11.5. The van der Waals surface area contributed by atoms with E-state index >= 15 is 0 Å². The van der Waals surface area contributed by atoms with Gasteiger partial charge in [-0.1, -0.05) is 0 Å². The molecule has 0 aliphatic carbocycles. The smallest absolute Gasteiger partial charge is 0.307 e. The van der Waals surface area contributed by atoms with E-state index < -0.39 is 7.60 Å². The Labute approximate surface area is 71.6 Å². The van der Waals surface area contributed by atoms with Gasteiger partial charge in [0, 0.05) is 5.88 Å². The zero-order valence-corrected chi connectivity index (χ0v) is 8.11. The van der Waals surface area contributed by atoms with E-state index in [4.69, 9.17) is 20.6 Å². The molecule has 5 heteroatoms. The van der Waals surface area contributed by atoms with Crippen LogP contribution in [0.2, 0.25) is 0 Å². The molecule has 0 radical (unpaired) electrons. The van der Waals surface area contributed by atoms with Crippen LogP contribution in [-0.4, -0.2) is 24.8 Å². The molecule has 2 atom stereocenters. The Bertz CT molecular complexity index is 173. The van der Waals surface area contributed by atoms with Crippen LogP contribution in [0.4, 0.5) is 0 Å². The first-order valence-corrected chi connectivity index (χ1v) is 5.90. The molecule has 0 amide bonds. The van der Waals surface area contributed by atoms with Crippen molar-refractivity contribution in [2.75, 3.05) is 18.6 Å². The highest BCUT2D eigenvalue weighted by Crippen LogP contribution is 2.54. The zero-order valence-electron chi connectivity index (χ0n) is 6.46. The van der Waals surface area contributed by atoms with Gasteiger partial charge in [0.15, 0.2) is 0 Å². The van der Waals surface area contributed by atoms with E-state index in [1.54, 1.807) is 0 Å². The lowest BCUT2D eigenvalue weighted by molar-refractivity contribution is 0.193. The van der Waals surface area contributed by atoms with Crippen molar-refractivity contribution in [2.24, 2.45) is 0 Å². The third kappa shape index (κ3) is 2.75. The zero-order chi connectivity index (χ0) is 8.32. The van der Waals surface area contributed by atoms with Gasteiger partial charge in [-0.25, -0.2) is 0 Å². The van der Waals surface area contributed by atoms with Gasteiger partial charge < -0.3 is 9.05 Å². The molecular weight excluding hydrogens is 186 g/mol. The van der Waals surface area contributed by atoms with Crippen LogP contribution >= 0.6 is 19.2 Å². The molecule has 0 aromatic carbocycles. The van der Waals surface area contributed by atoms with E-state index in [2.05, 4.69) is 0 Å². The summed E-state index contributed by atoms with van der Waals surface area (Å²) in [5.74, 6) is 0.363. The molecule has 0 aromatic rings. The summed E-state index contributed by atoms with van der Waals surface area (Å²) >= 11 is 5.38. The molecule has 1 fully saturated rings. The van der Waals surface area contributed by atoms with Crippen LogP contribution in [-0.2, 0) is 13.6 Å². The number of rotatable bonds is 3. The maximum Gasteiger partial charge on any atom is 0.331 e. The van der Waals surface area contributed by atoms with E-state index in [9.17, 15) is 4.57 Å². The summed E-state index contributed by atoms with van der Waals surface area (Å²) < 4.78 is 21.6. The predicted octanol–water partition coefficient (Wildman–Crippen LogP) is 2.24. The average Bonchev–Trinajstić information content (AvgIpc) is 2.28. The molecule has 0 saturated carbocycles. The van der Waals surface area contributed by atoms with Crippen molar-refractivity contribution in [1.82, 2.24) is 0 Å². The summed E-state index contributed by atoms with van der Waals surface area (Å²) in [4.78, 5) is 0. The van der Waals surface area contributed by atoms with E-state index in [0.717, 1.165) is 6.42 Å². The quantitative estimate of drug-likeness (QED) is 0.515. The minimum Gasteiger partial charge on any atom is -0.307 e. The van der Waals surface area contributed by atoms with Gasteiger partial charge in [0.05, 0.1) is 18.9 Å². The monoisotopic (exact) mass is 198 g/mol. The molecule has 11 heavy (non-hydrogen) atoms. The highest BCUT2D eigenvalue weighted by molar-refractivity contribution is 7.54. The highest BCUT2D eigenvalue weighted by Gasteiger charge is 2.33. The van der Waals surface area contributed by atoms with Crippen molar-refractivity contribution in [3.63, 3.8) is 0 Å². The lowest BCUT2D eigenvalue weighted by Crippen LogP contribution is -1.97. The standard InChI is InChI=1S/C6H12ClO3P/c1-6-2-5-11(8,10-6)9-4-3-7/h6H,2-5H2,1H3. The molecule has 1 saturated heterocycles. The third-order valence-electron chi connectivity index (χ3n) is 1.52. The van der Waals surface area contributed by atoms with Crippen molar-refractivity contribution >= 4 is 19.2 Å². The minimum atomic E-state index is -2.73. The van der Waals surface area contributed by atoms with Crippen LogP contribution in [0, 0.1) is 0 Å². The van der Waals surface area contributed by atoms with E-state index in [-0.39, 0.29) is 6.10 Å². The van der Waals surface area contributed by atoms with Crippen LogP contribution < -0.4 is 0 Å². The summed E-state index contributed by atoms with van der Waals surface area (Å²) in [5.41, 5.74) is 0. The Morgan fingerprint density at radius 3 is 3.00 bits per heavy atom. The second kappa shape index (κ2) is 3.90. The molecule has 1 aliphatic heterocycles. The molecule has 0 spiro atoms. The minimum absolute atomic E-state index is 0.0659. The Morgan fingerprint density at radius 2 is 2.55 bits per heavy atom. The van der Waals surface area contributed by atoms with E-state index in [1.807, 2.05) is 6.92 Å². The molecule has 1 rings (SSSR count). The fourth-order valence-electron chi connectivity index (χ4n) is 0.988. The Hall–Kier alpha value is 0.440. The van der Waals surface area contributed by atoms with Gasteiger partial charge in [0.2, 0.25) is 0 Å². The van der Waals surface area contributed by atoms with Crippen LogP contribution in [0.3, 0.4) is 0 Å². The SMILES string of the molecule is CC1CCP(=O)(OCCCl)O1. The molecular formula is C6H12ClO3P. The summed E-state index contributed by atoms with van der Waals surface area (Å²) in [6.45, 7) is 2.20. The van der Waals surface area contributed by atoms with Gasteiger partial charge in [0.1, 0.15) is 0 Å². The average molecular weight is 199 g/mol. The first kappa shape index (κ1) is 9.53. The largest absolute Gasteiger partial charge is 0.331 e. The molecule has 0 bridgehead atoms. The maximum atomic E-state index is 11.5. The van der Waals surface area contributed by atoms with Crippen LogP contribution in [0.5, 0.6) is 0 Å². The molecule has 0 aromatic heterocycles. The van der Waals surface area contributed by atoms with E-state index in [1.165, 1.54) is 0 Å². The van der Waals surface area contributed by atoms with Crippen molar-refractivity contribution in [2.45, 2.75) is 19.4 Å². The fraction of sp³-hybridized carbons (Fsp3) is 1.00. The fourth-order valence-corrected chi connectivity index (χ4v) is 3.17. The Kier molecular flexibility index (Phi) is 3.38. The molecule has 0 N–H and O–H groups in total. The van der Waals surface area contributed by atoms with Crippen molar-refractivity contribution < 1.29 is 13.6 Å². The molecule has 2 unspecified atom stereocenters. The highest BCUT2D eigenvalue weighted by atomic mass is 35.5. The lowest BCUT2D eigenvalue weighted by Gasteiger charge is -2.10.